The molecule has 0 aliphatic carbocycles. The van der Waals surface area contributed by atoms with Crippen molar-refractivity contribution >= 4 is 17.5 Å². The Morgan fingerprint density at radius 3 is 2.71 bits per heavy atom. The minimum absolute atomic E-state index is 0.00946. The minimum atomic E-state index is -2.80. The number of carbonyl (C=O) groups is 1. The summed E-state index contributed by atoms with van der Waals surface area (Å²) in [5.41, 5.74) is 2.57. The van der Waals surface area contributed by atoms with Gasteiger partial charge >= 0.3 is 0 Å². The molecule has 0 spiro atoms. The van der Waals surface area contributed by atoms with E-state index in [2.05, 4.69) is 15.2 Å². The predicted molar refractivity (Wildman–Crippen MR) is 113 cm³/mol. The summed E-state index contributed by atoms with van der Waals surface area (Å²) in [6.45, 7) is 1.87. The maximum atomic E-state index is 14.2. The van der Waals surface area contributed by atoms with E-state index in [9.17, 15) is 13.6 Å². The van der Waals surface area contributed by atoms with Crippen LogP contribution in [0.2, 0.25) is 5.02 Å². The molecule has 31 heavy (non-hydrogen) atoms. The van der Waals surface area contributed by atoms with Crippen LogP contribution in [0.4, 0.5) is 8.78 Å². The standard InChI is InChI=1S/C22H22ClF2N5O/c1-15-2-7-20(30-27-9-10-28-30)19(12-15)21(31)29-11-8-22(24,25)13-18(29)6-5-17-4-3-16(23)14-26-17/h2-4,7,9-10,12,14,18H,5-6,8,11,13H2,1H3/t18-/m1/s1. The van der Waals surface area contributed by atoms with Gasteiger partial charge in [0.25, 0.3) is 11.8 Å². The summed E-state index contributed by atoms with van der Waals surface area (Å²) < 4.78 is 28.5. The molecule has 1 aliphatic rings. The van der Waals surface area contributed by atoms with Crippen LogP contribution >= 0.6 is 11.6 Å². The quantitative estimate of drug-likeness (QED) is 0.580. The molecule has 3 heterocycles. The fourth-order valence-electron chi connectivity index (χ4n) is 3.91. The second-order valence-electron chi connectivity index (χ2n) is 7.81. The van der Waals surface area contributed by atoms with E-state index in [1.54, 1.807) is 29.2 Å². The van der Waals surface area contributed by atoms with Gasteiger partial charge in [-0.25, -0.2) is 8.78 Å². The number of aryl methyl sites for hydroxylation is 2. The first-order chi connectivity index (χ1) is 14.8. The minimum Gasteiger partial charge on any atom is -0.335 e. The van der Waals surface area contributed by atoms with Crippen LogP contribution in [0.1, 0.15) is 40.9 Å². The predicted octanol–water partition coefficient (Wildman–Crippen LogP) is 4.50. The van der Waals surface area contributed by atoms with Gasteiger partial charge in [0, 0.05) is 37.3 Å². The molecule has 6 nitrogen and oxygen atoms in total. The number of likely N-dealkylation sites (tertiary alicyclic amines) is 1. The van der Waals surface area contributed by atoms with Crippen molar-refractivity contribution in [3.63, 3.8) is 0 Å². The van der Waals surface area contributed by atoms with E-state index in [1.807, 2.05) is 13.0 Å². The van der Waals surface area contributed by atoms with Crippen molar-refractivity contribution in [2.24, 2.45) is 0 Å². The Hall–Kier alpha value is -2.87. The number of piperidine rings is 1. The Labute approximate surface area is 183 Å². The number of halogens is 3. The molecule has 0 N–H and O–H groups in total. The van der Waals surface area contributed by atoms with Gasteiger partial charge in [-0.05, 0) is 44.0 Å². The van der Waals surface area contributed by atoms with Crippen LogP contribution in [0, 0.1) is 6.92 Å². The largest absolute Gasteiger partial charge is 0.335 e. The van der Waals surface area contributed by atoms with E-state index in [1.165, 1.54) is 23.4 Å². The van der Waals surface area contributed by atoms with Gasteiger partial charge in [0.2, 0.25) is 0 Å². The van der Waals surface area contributed by atoms with Crippen LogP contribution < -0.4 is 0 Å². The molecule has 2 aromatic heterocycles. The van der Waals surface area contributed by atoms with Gasteiger partial charge in [-0.3, -0.25) is 9.78 Å². The van der Waals surface area contributed by atoms with Crippen LogP contribution in [0.5, 0.6) is 0 Å². The van der Waals surface area contributed by atoms with E-state index < -0.39 is 12.0 Å². The van der Waals surface area contributed by atoms with Gasteiger partial charge in [0.1, 0.15) is 0 Å². The number of pyridine rings is 1. The molecular weight excluding hydrogens is 424 g/mol. The monoisotopic (exact) mass is 445 g/mol. The van der Waals surface area contributed by atoms with Gasteiger partial charge in [-0.2, -0.15) is 15.0 Å². The lowest BCUT2D eigenvalue weighted by atomic mass is 9.93. The highest BCUT2D eigenvalue weighted by atomic mass is 35.5. The number of hydrogen-bond acceptors (Lipinski definition) is 4. The summed E-state index contributed by atoms with van der Waals surface area (Å²) in [5, 5.41) is 8.77. The highest BCUT2D eigenvalue weighted by Gasteiger charge is 2.42. The summed E-state index contributed by atoms with van der Waals surface area (Å²) in [5.74, 6) is -3.09. The SMILES string of the molecule is Cc1ccc(-n2nccn2)c(C(=O)N2CCC(F)(F)C[C@H]2CCc2ccc(Cl)cn2)c1. The molecule has 9 heteroatoms. The number of rotatable bonds is 5. The smallest absolute Gasteiger partial charge is 0.256 e. The molecule has 1 atom stereocenters. The van der Waals surface area contributed by atoms with E-state index in [-0.39, 0.29) is 25.3 Å². The van der Waals surface area contributed by atoms with Crippen molar-refractivity contribution in [2.75, 3.05) is 6.54 Å². The molecule has 1 fully saturated rings. The molecule has 0 bridgehead atoms. The van der Waals surface area contributed by atoms with E-state index in [0.717, 1.165) is 11.3 Å². The Balaban J connectivity index is 1.61. The molecule has 1 aliphatic heterocycles. The molecule has 162 valence electrons. The van der Waals surface area contributed by atoms with Crippen LogP contribution in [0.15, 0.2) is 48.9 Å². The molecule has 1 saturated heterocycles. The van der Waals surface area contributed by atoms with Gasteiger partial charge in [-0.15, -0.1) is 0 Å². The number of alkyl halides is 2. The lowest BCUT2D eigenvalue weighted by Crippen LogP contribution is -2.50. The molecule has 0 radical (unpaired) electrons. The number of amides is 1. The zero-order valence-electron chi connectivity index (χ0n) is 17.0. The number of carbonyl (C=O) groups excluding carboxylic acids is 1. The van der Waals surface area contributed by atoms with Crippen LogP contribution in [0.3, 0.4) is 0 Å². The summed E-state index contributed by atoms with van der Waals surface area (Å²) in [7, 11) is 0. The summed E-state index contributed by atoms with van der Waals surface area (Å²) in [6, 6.07) is 8.28. The maximum Gasteiger partial charge on any atom is 0.256 e. The normalized spacial score (nSPS) is 18.2. The molecule has 1 aromatic carbocycles. The van der Waals surface area contributed by atoms with Crippen molar-refractivity contribution in [3.8, 4) is 5.69 Å². The lowest BCUT2D eigenvalue weighted by molar-refractivity contribution is -0.0710. The Kier molecular flexibility index (Phi) is 6.00. The average Bonchev–Trinajstić information content (AvgIpc) is 3.27. The molecule has 4 rings (SSSR count). The third-order valence-corrected chi connectivity index (χ3v) is 5.72. The van der Waals surface area contributed by atoms with Crippen LogP contribution in [0.25, 0.3) is 5.69 Å². The van der Waals surface area contributed by atoms with Crippen molar-refractivity contribution in [1.29, 1.82) is 0 Å². The van der Waals surface area contributed by atoms with E-state index in [4.69, 9.17) is 11.6 Å². The Bertz CT molecular complexity index is 1060. The number of aromatic nitrogens is 4. The van der Waals surface area contributed by atoms with E-state index >= 15 is 0 Å². The third kappa shape index (κ3) is 4.90. The van der Waals surface area contributed by atoms with Crippen LogP contribution in [-0.4, -0.2) is 49.3 Å². The van der Waals surface area contributed by atoms with Gasteiger partial charge in [0.15, 0.2) is 0 Å². The zero-order valence-corrected chi connectivity index (χ0v) is 17.8. The van der Waals surface area contributed by atoms with E-state index in [0.29, 0.717) is 29.1 Å². The second kappa shape index (κ2) is 8.70. The van der Waals surface area contributed by atoms with Crippen molar-refractivity contribution in [3.05, 3.63) is 70.8 Å². The Morgan fingerprint density at radius 1 is 1.23 bits per heavy atom. The second-order valence-corrected chi connectivity index (χ2v) is 8.24. The first-order valence-electron chi connectivity index (χ1n) is 10.1. The Morgan fingerprint density at radius 2 is 2.00 bits per heavy atom. The first kappa shape index (κ1) is 21.4. The fraction of sp³-hybridized carbons (Fsp3) is 0.364. The molecule has 0 unspecified atom stereocenters. The number of nitrogens with zero attached hydrogens (tertiary/aromatic N) is 5. The number of hydrogen-bond donors (Lipinski definition) is 0. The molecule has 3 aromatic rings. The van der Waals surface area contributed by atoms with Crippen molar-refractivity contribution in [2.45, 2.75) is 44.6 Å². The van der Waals surface area contributed by atoms with Crippen LogP contribution in [-0.2, 0) is 6.42 Å². The highest BCUT2D eigenvalue weighted by Crippen LogP contribution is 2.35. The topological polar surface area (TPSA) is 63.9 Å². The zero-order chi connectivity index (χ0) is 22.0. The van der Waals surface area contributed by atoms with Gasteiger partial charge in [0.05, 0.1) is 28.7 Å². The molecule has 0 saturated carbocycles. The van der Waals surface area contributed by atoms with Crippen molar-refractivity contribution in [1.82, 2.24) is 24.9 Å². The summed E-state index contributed by atoms with van der Waals surface area (Å²) in [6.07, 6.45) is 4.73. The highest BCUT2D eigenvalue weighted by molar-refractivity contribution is 6.30. The fourth-order valence-corrected chi connectivity index (χ4v) is 4.02. The number of benzene rings is 1. The van der Waals surface area contributed by atoms with Crippen molar-refractivity contribution < 1.29 is 13.6 Å². The summed E-state index contributed by atoms with van der Waals surface area (Å²) >= 11 is 5.87. The molecule has 1 amide bonds. The van der Waals surface area contributed by atoms with Gasteiger partial charge < -0.3 is 4.90 Å². The average molecular weight is 446 g/mol. The maximum absolute atomic E-state index is 14.2. The molecular formula is C22H22ClF2N5O. The lowest BCUT2D eigenvalue weighted by Gasteiger charge is -2.39. The first-order valence-corrected chi connectivity index (χ1v) is 10.5. The summed E-state index contributed by atoms with van der Waals surface area (Å²) in [4.78, 5) is 20.7. The van der Waals surface area contributed by atoms with Gasteiger partial charge in [-0.1, -0.05) is 23.2 Å². The third-order valence-electron chi connectivity index (χ3n) is 5.49.